The van der Waals surface area contributed by atoms with Crippen LogP contribution in [0.2, 0.25) is 0 Å². The first-order chi connectivity index (χ1) is 14.4. The van der Waals surface area contributed by atoms with Gasteiger partial charge in [-0.25, -0.2) is 9.59 Å². The van der Waals surface area contributed by atoms with Crippen molar-refractivity contribution >= 4 is 17.9 Å². The van der Waals surface area contributed by atoms with Gasteiger partial charge >= 0.3 is 17.9 Å². The van der Waals surface area contributed by atoms with E-state index in [0.717, 1.165) is 0 Å². The quantitative estimate of drug-likeness (QED) is 0.223. The van der Waals surface area contributed by atoms with E-state index < -0.39 is 71.5 Å². The van der Waals surface area contributed by atoms with Gasteiger partial charge in [0.05, 0.1) is 17.9 Å². The van der Waals surface area contributed by atoms with Crippen molar-refractivity contribution in [2.24, 2.45) is 11.8 Å². The molecular weight excluding hydrogens is 408 g/mol. The van der Waals surface area contributed by atoms with Gasteiger partial charge in [0.1, 0.15) is 23.9 Å². The van der Waals surface area contributed by atoms with Crippen LogP contribution in [0.4, 0.5) is 0 Å². The van der Waals surface area contributed by atoms with Gasteiger partial charge in [-0.1, -0.05) is 6.58 Å². The number of epoxide rings is 2. The lowest BCUT2D eigenvalue weighted by Gasteiger charge is -2.32. The van der Waals surface area contributed by atoms with Crippen molar-refractivity contribution in [1.82, 2.24) is 0 Å². The summed E-state index contributed by atoms with van der Waals surface area (Å²) < 4.78 is 28.4. The van der Waals surface area contributed by atoms with Crippen molar-refractivity contribution in [1.29, 1.82) is 0 Å². The lowest BCUT2D eigenvalue weighted by Crippen LogP contribution is -2.47. The minimum atomic E-state index is -1.11. The molecule has 168 valence electrons. The molecule has 0 aromatic rings. The highest BCUT2D eigenvalue weighted by Crippen LogP contribution is 2.62. The average molecular weight is 434 g/mol. The number of hydrogen-bond donors (Lipinski definition) is 1. The van der Waals surface area contributed by atoms with Gasteiger partial charge in [-0.2, -0.15) is 0 Å². The number of carbonyl (C=O) groups is 3. The summed E-state index contributed by atoms with van der Waals surface area (Å²) in [5, 5.41) is 10.9. The molecule has 0 bridgehead atoms. The van der Waals surface area contributed by atoms with E-state index in [1.165, 1.54) is 6.92 Å². The Morgan fingerprint density at radius 2 is 1.84 bits per heavy atom. The molecule has 0 amide bonds. The Bertz CT molecular complexity index is 953. The number of rotatable bonds is 3. The highest BCUT2D eigenvalue weighted by molar-refractivity contribution is 5.91. The van der Waals surface area contributed by atoms with E-state index in [1.54, 1.807) is 20.8 Å². The third kappa shape index (κ3) is 2.63. The van der Waals surface area contributed by atoms with Crippen LogP contribution in [-0.2, 0) is 38.1 Å². The van der Waals surface area contributed by atoms with Gasteiger partial charge in [-0.05, 0) is 38.8 Å². The Balaban J connectivity index is 1.63. The maximum absolute atomic E-state index is 12.9. The molecule has 0 aromatic carbocycles. The molecule has 2 aliphatic carbocycles. The lowest BCUT2D eigenvalue weighted by atomic mass is 9.79. The summed E-state index contributed by atoms with van der Waals surface area (Å²) in [6.45, 7) is 12.1. The van der Waals surface area contributed by atoms with Crippen LogP contribution >= 0.6 is 0 Å². The fraction of sp³-hybridized carbons (Fsp3) is 0.682. The molecule has 3 heterocycles. The number of aliphatic hydroxyl groups excluding tert-OH is 1. The highest BCUT2D eigenvalue weighted by Gasteiger charge is 2.75. The second-order valence-electron chi connectivity index (χ2n) is 9.47. The Hall–Kier alpha value is -2.23. The zero-order valence-corrected chi connectivity index (χ0v) is 18.0. The first-order valence-electron chi connectivity index (χ1n) is 10.4. The maximum Gasteiger partial charge on any atom is 0.341 e. The summed E-state index contributed by atoms with van der Waals surface area (Å²) in [7, 11) is 0. The molecule has 1 N–H and O–H groups in total. The van der Waals surface area contributed by atoms with Crippen molar-refractivity contribution in [3.63, 3.8) is 0 Å². The van der Waals surface area contributed by atoms with Crippen molar-refractivity contribution < 1.29 is 43.2 Å². The standard InChI is InChI=1S/C22H26O9/c1-7-11-13(22(6)18(31-22)14(11)24)16-12(8(2)19(25)28-16)17(15(7)27-10(4)23)29-20(26)21(5)9(3)30-21/h9,12-18,24H,2H2,1,3-6H3/t9-,12-,13-,14+,15+,16-,17+,18+,21-,22-/m0/s1. The van der Waals surface area contributed by atoms with Crippen LogP contribution in [0.1, 0.15) is 34.6 Å². The van der Waals surface area contributed by atoms with Gasteiger partial charge < -0.3 is 28.8 Å². The SMILES string of the molecule is C=C1C(=O)O[C@H]2[C@H]1[C@@H](OC(=O)[C@@]1(C)O[C@H]1C)[C@H](OC(C)=O)C(C)=C1[C@@H](O)[C@H]3O[C@@]3(C)[C@@H]12. The van der Waals surface area contributed by atoms with Crippen LogP contribution in [0.5, 0.6) is 0 Å². The minimum Gasteiger partial charge on any atom is -0.457 e. The van der Waals surface area contributed by atoms with Crippen LogP contribution in [0.3, 0.4) is 0 Å². The Morgan fingerprint density at radius 1 is 1.19 bits per heavy atom. The third-order valence-electron chi connectivity index (χ3n) is 7.65. The van der Waals surface area contributed by atoms with E-state index >= 15 is 0 Å². The largest absolute Gasteiger partial charge is 0.457 e. The first kappa shape index (κ1) is 20.7. The van der Waals surface area contributed by atoms with Gasteiger partial charge in [-0.15, -0.1) is 0 Å². The van der Waals surface area contributed by atoms with Crippen LogP contribution in [0.15, 0.2) is 23.3 Å². The van der Waals surface area contributed by atoms with Crippen molar-refractivity contribution in [3.8, 4) is 0 Å². The maximum atomic E-state index is 12.9. The van der Waals surface area contributed by atoms with Crippen LogP contribution in [0, 0.1) is 11.8 Å². The number of fused-ring (bicyclic) bond motifs is 5. The summed E-state index contributed by atoms with van der Waals surface area (Å²) in [6, 6.07) is 0. The molecule has 5 aliphatic rings. The van der Waals surface area contributed by atoms with Crippen LogP contribution in [0.25, 0.3) is 0 Å². The zero-order chi connectivity index (χ0) is 22.6. The van der Waals surface area contributed by atoms with Crippen LogP contribution < -0.4 is 0 Å². The van der Waals surface area contributed by atoms with Crippen molar-refractivity contribution in [3.05, 3.63) is 23.3 Å². The average Bonchev–Trinajstić information content (AvgIpc) is 3.49. The Labute approximate surface area is 179 Å². The summed E-state index contributed by atoms with van der Waals surface area (Å²) in [6.07, 6.45) is -4.57. The lowest BCUT2D eigenvalue weighted by molar-refractivity contribution is -0.173. The summed E-state index contributed by atoms with van der Waals surface area (Å²) in [5.74, 6) is -3.07. The second-order valence-corrected chi connectivity index (χ2v) is 9.47. The number of hydrogen-bond acceptors (Lipinski definition) is 9. The normalized spacial score (nSPS) is 49.5. The molecule has 0 spiro atoms. The van der Waals surface area contributed by atoms with Gasteiger partial charge in [0.2, 0.25) is 0 Å². The molecule has 9 heteroatoms. The second kappa shape index (κ2) is 6.17. The first-order valence-corrected chi connectivity index (χ1v) is 10.4. The molecule has 0 aromatic heterocycles. The summed E-state index contributed by atoms with van der Waals surface area (Å²) in [5.41, 5.74) is -0.547. The summed E-state index contributed by atoms with van der Waals surface area (Å²) >= 11 is 0. The van der Waals surface area contributed by atoms with Crippen molar-refractivity contribution in [2.75, 3.05) is 0 Å². The van der Waals surface area contributed by atoms with Gasteiger partial charge in [-0.3, -0.25) is 4.79 Å². The molecule has 4 fully saturated rings. The minimum absolute atomic E-state index is 0.131. The number of esters is 3. The molecule has 0 radical (unpaired) electrons. The number of ether oxygens (including phenoxy) is 5. The molecule has 1 saturated carbocycles. The van der Waals surface area contributed by atoms with Crippen LogP contribution in [-0.4, -0.2) is 70.8 Å². The number of carbonyl (C=O) groups excluding carboxylic acids is 3. The third-order valence-corrected chi connectivity index (χ3v) is 7.65. The predicted molar refractivity (Wildman–Crippen MR) is 102 cm³/mol. The van der Waals surface area contributed by atoms with E-state index in [9.17, 15) is 19.5 Å². The highest BCUT2D eigenvalue weighted by atomic mass is 16.7. The smallest absolute Gasteiger partial charge is 0.341 e. The van der Waals surface area contributed by atoms with Gasteiger partial charge in [0.25, 0.3) is 0 Å². The van der Waals surface area contributed by atoms with E-state index in [0.29, 0.717) is 11.1 Å². The zero-order valence-electron chi connectivity index (χ0n) is 18.0. The fourth-order valence-corrected chi connectivity index (χ4v) is 5.63. The Kier molecular flexibility index (Phi) is 4.12. The monoisotopic (exact) mass is 434 g/mol. The molecule has 0 unspecified atom stereocenters. The van der Waals surface area contributed by atoms with E-state index in [1.807, 2.05) is 6.92 Å². The number of aliphatic hydroxyl groups is 1. The summed E-state index contributed by atoms with van der Waals surface area (Å²) in [4.78, 5) is 37.5. The molecule has 9 nitrogen and oxygen atoms in total. The molecule has 3 aliphatic heterocycles. The molecule has 3 saturated heterocycles. The molecular formula is C22H26O9. The Morgan fingerprint density at radius 3 is 2.42 bits per heavy atom. The van der Waals surface area contributed by atoms with Gasteiger partial charge in [0, 0.05) is 12.5 Å². The van der Waals surface area contributed by atoms with E-state index in [2.05, 4.69) is 6.58 Å². The van der Waals surface area contributed by atoms with E-state index in [4.69, 9.17) is 23.7 Å². The molecule has 31 heavy (non-hydrogen) atoms. The topological polar surface area (TPSA) is 124 Å². The fourth-order valence-electron chi connectivity index (χ4n) is 5.63. The van der Waals surface area contributed by atoms with Crippen molar-refractivity contribution in [2.45, 2.75) is 82.4 Å². The predicted octanol–water partition coefficient (Wildman–Crippen LogP) is 0.583. The van der Waals surface area contributed by atoms with Gasteiger partial charge in [0.15, 0.2) is 17.8 Å². The molecule has 5 rings (SSSR count). The molecule has 10 atom stereocenters. The van der Waals surface area contributed by atoms with E-state index in [-0.39, 0.29) is 11.7 Å².